The highest BCUT2D eigenvalue weighted by Crippen LogP contribution is 2.41. The molecule has 1 aliphatic carbocycles. The Balaban J connectivity index is 2.70. The molecule has 1 rings (SSSR count). The lowest BCUT2D eigenvalue weighted by molar-refractivity contribution is -0.116. The molecule has 0 N–H and O–H groups in total. The highest BCUT2D eigenvalue weighted by molar-refractivity contribution is 5.90. The summed E-state index contributed by atoms with van der Waals surface area (Å²) < 4.78 is 0. The number of hydrogen-bond donors (Lipinski definition) is 0. The molecule has 0 radical (unpaired) electrons. The molecule has 1 atom stereocenters. The van der Waals surface area contributed by atoms with Gasteiger partial charge in [-0.15, -0.1) is 0 Å². The van der Waals surface area contributed by atoms with Gasteiger partial charge in [-0.2, -0.15) is 0 Å². The number of ketones is 1. The number of carbonyl (C=O) groups excluding carboxylic acids is 1. The third-order valence-electron chi connectivity index (χ3n) is 3.55. The van der Waals surface area contributed by atoms with Crippen molar-refractivity contribution in [2.45, 2.75) is 53.9 Å². The molecule has 1 heteroatoms. The van der Waals surface area contributed by atoms with Crippen LogP contribution >= 0.6 is 0 Å². The van der Waals surface area contributed by atoms with E-state index in [9.17, 15) is 4.79 Å². The first kappa shape index (κ1) is 13.2. The Hall–Kier alpha value is -0.850. The Morgan fingerprint density at radius 3 is 2.69 bits per heavy atom. The molecule has 0 saturated carbocycles. The number of rotatable bonds is 3. The van der Waals surface area contributed by atoms with Crippen LogP contribution in [0.3, 0.4) is 0 Å². The molecule has 90 valence electrons. The average molecular weight is 220 g/mol. The van der Waals surface area contributed by atoms with Crippen molar-refractivity contribution < 1.29 is 4.79 Å². The second-order valence-electron chi connectivity index (χ2n) is 6.04. The molecular formula is C15H24O. The van der Waals surface area contributed by atoms with E-state index in [-0.39, 0.29) is 11.2 Å². The molecule has 1 nitrogen and oxygen atoms in total. The second-order valence-corrected chi connectivity index (χ2v) is 6.04. The van der Waals surface area contributed by atoms with Gasteiger partial charge in [-0.3, -0.25) is 4.79 Å². The van der Waals surface area contributed by atoms with Crippen molar-refractivity contribution in [2.75, 3.05) is 0 Å². The minimum atomic E-state index is 0.269. The molecule has 0 saturated heterocycles. The Kier molecular flexibility index (Phi) is 4.12. The summed E-state index contributed by atoms with van der Waals surface area (Å²) in [5.74, 6) is 0.786. The largest absolute Gasteiger partial charge is 0.295 e. The van der Waals surface area contributed by atoms with E-state index in [0.717, 1.165) is 18.4 Å². The van der Waals surface area contributed by atoms with Crippen LogP contribution in [0.4, 0.5) is 0 Å². The van der Waals surface area contributed by atoms with Crippen LogP contribution in [0.5, 0.6) is 0 Å². The molecule has 0 amide bonds. The van der Waals surface area contributed by atoms with Crippen molar-refractivity contribution in [3.8, 4) is 0 Å². The molecule has 0 spiro atoms. The van der Waals surface area contributed by atoms with E-state index in [1.165, 1.54) is 5.57 Å². The molecule has 16 heavy (non-hydrogen) atoms. The van der Waals surface area contributed by atoms with Crippen LogP contribution in [0.2, 0.25) is 0 Å². The summed E-state index contributed by atoms with van der Waals surface area (Å²) in [5, 5.41) is 0. The van der Waals surface area contributed by atoms with Crippen LogP contribution < -0.4 is 0 Å². The molecule has 0 fully saturated rings. The summed E-state index contributed by atoms with van der Waals surface area (Å²) in [6.07, 6.45) is 6.98. The monoisotopic (exact) mass is 220 g/mol. The standard InChI is InChI=1S/C15H24O/c1-11(2)8-14(16)10-13-9-12(3)6-7-15(13,4)5/h6,8,13H,7,9-10H2,1-5H3. The van der Waals surface area contributed by atoms with Crippen LogP contribution in [0, 0.1) is 11.3 Å². The summed E-state index contributed by atoms with van der Waals surface area (Å²) in [7, 11) is 0. The lowest BCUT2D eigenvalue weighted by Crippen LogP contribution is -2.28. The summed E-state index contributed by atoms with van der Waals surface area (Å²) in [5.41, 5.74) is 2.81. The normalized spacial score (nSPS) is 23.6. The minimum absolute atomic E-state index is 0.269. The highest BCUT2D eigenvalue weighted by Gasteiger charge is 2.32. The summed E-state index contributed by atoms with van der Waals surface area (Å²) in [6, 6.07) is 0. The van der Waals surface area contributed by atoms with Crippen LogP contribution in [0.1, 0.15) is 53.9 Å². The van der Waals surface area contributed by atoms with Crippen molar-refractivity contribution in [3.63, 3.8) is 0 Å². The van der Waals surface area contributed by atoms with Gasteiger partial charge in [0.15, 0.2) is 5.78 Å². The van der Waals surface area contributed by atoms with Crippen LogP contribution in [-0.4, -0.2) is 5.78 Å². The third-order valence-corrected chi connectivity index (χ3v) is 3.55. The van der Waals surface area contributed by atoms with Gasteiger partial charge >= 0.3 is 0 Å². The van der Waals surface area contributed by atoms with Gasteiger partial charge in [0.05, 0.1) is 0 Å². The zero-order chi connectivity index (χ0) is 12.3. The summed E-state index contributed by atoms with van der Waals surface area (Å²) in [6.45, 7) is 10.7. The van der Waals surface area contributed by atoms with E-state index < -0.39 is 0 Å². The van der Waals surface area contributed by atoms with Gasteiger partial charge in [0, 0.05) is 6.42 Å². The van der Waals surface area contributed by atoms with Crippen molar-refractivity contribution in [2.24, 2.45) is 11.3 Å². The van der Waals surface area contributed by atoms with Gasteiger partial charge in [0.1, 0.15) is 0 Å². The zero-order valence-electron chi connectivity index (χ0n) is 11.3. The first-order valence-electron chi connectivity index (χ1n) is 6.14. The molecule has 0 aromatic carbocycles. The first-order valence-corrected chi connectivity index (χ1v) is 6.14. The lowest BCUT2D eigenvalue weighted by Gasteiger charge is -2.37. The Labute approximate surface area is 99.6 Å². The SMILES string of the molecule is CC(C)=CC(=O)CC1CC(C)=CCC1(C)C. The maximum Gasteiger partial charge on any atom is 0.155 e. The molecule has 0 aromatic rings. The third kappa shape index (κ3) is 3.62. The predicted octanol–water partition coefficient (Wildman–Crippen LogP) is 4.29. The first-order chi connectivity index (χ1) is 7.31. The van der Waals surface area contributed by atoms with Crippen LogP contribution in [0.15, 0.2) is 23.3 Å². The molecule has 1 unspecified atom stereocenters. The molecule has 0 aromatic heterocycles. The van der Waals surface area contributed by atoms with E-state index in [1.807, 2.05) is 13.8 Å². The average Bonchev–Trinajstić information content (AvgIpc) is 2.10. The molecular weight excluding hydrogens is 196 g/mol. The van der Waals surface area contributed by atoms with Gasteiger partial charge in [0.25, 0.3) is 0 Å². The van der Waals surface area contributed by atoms with Gasteiger partial charge in [-0.05, 0) is 51.0 Å². The predicted molar refractivity (Wildman–Crippen MR) is 69.3 cm³/mol. The smallest absolute Gasteiger partial charge is 0.155 e. The number of allylic oxidation sites excluding steroid dienone is 4. The van der Waals surface area contributed by atoms with Gasteiger partial charge in [-0.25, -0.2) is 0 Å². The maximum atomic E-state index is 11.8. The molecule has 1 aliphatic rings. The summed E-state index contributed by atoms with van der Waals surface area (Å²) >= 11 is 0. The van der Waals surface area contributed by atoms with Crippen LogP contribution in [0.25, 0.3) is 0 Å². The number of hydrogen-bond acceptors (Lipinski definition) is 1. The molecule has 0 bridgehead atoms. The second kappa shape index (κ2) is 4.99. The van der Waals surface area contributed by atoms with E-state index in [4.69, 9.17) is 0 Å². The van der Waals surface area contributed by atoms with Gasteiger partial charge in [0.2, 0.25) is 0 Å². The van der Waals surface area contributed by atoms with E-state index >= 15 is 0 Å². The fourth-order valence-corrected chi connectivity index (χ4v) is 2.32. The fourth-order valence-electron chi connectivity index (χ4n) is 2.32. The fraction of sp³-hybridized carbons (Fsp3) is 0.667. The van der Waals surface area contributed by atoms with E-state index in [0.29, 0.717) is 12.3 Å². The lowest BCUT2D eigenvalue weighted by atomic mass is 9.68. The van der Waals surface area contributed by atoms with Crippen LogP contribution in [-0.2, 0) is 4.79 Å². The quantitative estimate of drug-likeness (QED) is 0.512. The number of carbonyl (C=O) groups is 1. The summed E-state index contributed by atoms with van der Waals surface area (Å²) in [4.78, 5) is 11.8. The van der Waals surface area contributed by atoms with Crippen molar-refractivity contribution in [1.82, 2.24) is 0 Å². The topological polar surface area (TPSA) is 17.1 Å². The molecule has 0 heterocycles. The van der Waals surface area contributed by atoms with Crippen molar-refractivity contribution in [1.29, 1.82) is 0 Å². The van der Waals surface area contributed by atoms with E-state index in [2.05, 4.69) is 26.8 Å². The Morgan fingerprint density at radius 2 is 2.12 bits per heavy atom. The Morgan fingerprint density at radius 1 is 1.50 bits per heavy atom. The highest BCUT2D eigenvalue weighted by atomic mass is 16.1. The minimum Gasteiger partial charge on any atom is -0.295 e. The molecule has 0 aliphatic heterocycles. The van der Waals surface area contributed by atoms with Crippen molar-refractivity contribution >= 4 is 5.78 Å². The zero-order valence-corrected chi connectivity index (χ0v) is 11.3. The Bertz CT molecular complexity index is 327. The van der Waals surface area contributed by atoms with E-state index in [1.54, 1.807) is 6.08 Å². The maximum absolute atomic E-state index is 11.8. The van der Waals surface area contributed by atoms with Gasteiger partial charge in [-0.1, -0.05) is 31.1 Å². The van der Waals surface area contributed by atoms with Crippen molar-refractivity contribution in [3.05, 3.63) is 23.3 Å². The van der Waals surface area contributed by atoms with Gasteiger partial charge < -0.3 is 0 Å².